The number of Topliss-reactive ketones (excluding diaryl/α,β-unsaturated/α-hetero) is 1. The molecule has 0 aliphatic rings. The molecule has 8 heteroatoms. The molecule has 0 bridgehead atoms. The number of ketones is 1. The van der Waals surface area contributed by atoms with E-state index in [1.54, 1.807) is 13.8 Å². The summed E-state index contributed by atoms with van der Waals surface area (Å²) >= 11 is 7.29. The Morgan fingerprint density at radius 1 is 1.29 bits per heavy atom. The van der Waals surface area contributed by atoms with E-state index in [2.05, 4.69) is 5.32 Å². The molecule has 28 heavy (non-hydrogen) atoms. The number of anilines is 1. The standard InChI is InChI=1S/C20H23ClN2O4S/c1-5-27-20(26)17-11(2)18(13(4)24)28-19(17)23-16(25)10-22-12(3)14-8-6-7-9-15(14)21/h6-9,12,22H,5,10H2,1-4H3,(H,23,25)/p+1/t12-/m1/s1. The first kappa shape index (κ1) is 22.1. The van der Waals surface area contributed by atoms with Gasteiger partial charge in [0.15, 0.2) is 12.3 Å². The number of esters is 1. The minimum Gasteiger partial charge on any atom is -0.462 e. The van der Waals surface area contributed by atoms with Crippen molar-refractivity contribution in [3.63, 3.8) is 0 Å². The number of ether oxygens (including phenoxy) is 1. The van der Waals surface area contributed by atoms with Gasteiger partial charge in [-0.25, -0.2) is 4.79 Å². The second kappa shape index (κ2) is 9.82. The van der Waals surface area contributed by atoms with Crippen LogP contribution < -0.4 is 10.6 Å². The Morgan fingerprint density at radius 3 is 2.57 bits per heavy atom. The van der Waals surface area contributed by atoms with E-state index in [4.69, 9.17) is 16.3 Å². The Kier molecular flexibility index (Phi) is 7.74. The van der Waals surface area contributed by atoms with Crippen molar-refractivity contribution < 1.29 is 24.4 Å². The number of thiophene rings is 1. The topological polar surface area (TPSA) is 89.1 Å². The molecule has 6 nitrogen and oxygen atoms in total. The van der Waals surface area contributed by atoms with Crippen molar-refractivity contribution in [1.29, 1.82) is 0 Å². The number of halogens is 1. The van der Waals surface area contributed by atoms with Crippen molar-refractivity contribution in [2.45, 2.75) is 33.7 Å². The molecule has 0 saturated carbocycles. The fourth-order valence-corrected chi connectivity index (χ4v) is 4.23. The third-order valence-corrected chi connectivity index (χ3v) is 5.90. The molecule has 2 rings (SSSR count). The normalized spacial score (nSPS) is 11.8. The molecule has 0 saturated heterocycles. The Balaban J connectivity index is 2.12. The molecule has 0 unspecified atom stereocenters. The van der Waals surface area contributed by atoms with Gasteiger partial charge in [0.25, 0.3) is 5.91 Å². The van der Waals surface area contributed by atoms with Crippen molar-refractivity contribution in [3.05, 3.63) is 50.9 Å². The third-order valence-electron chi connectivity index (χ3n) is 4.25. The van der Waals surface area contributed by atoms with E-state index in [0.29, 0.717) is 20.5 Å². The second-order valence-corrected chi connectivity index (χ2v) is 7.76. The van der Waals surface area contributed by atoms with Crippen LogP contribution in [0.1, 0.15) is 58.0 Å². The summed E-state index contributed by atoms with van der Waals surface area (Å²) in [6.07, 6.45) is 0. The van der Waals surface area contributed by atoms with Gasteiger partial charge in [-0.1, -0.05) is 29.8 Å². The lowest BCUT2D eigenvalue weighted by Crippen LogP contribution is -2.86. The number of rotatable bonds is 8. The van der Waals surface area contributed by atoms with Gasteiger partial charge in [0.2, 0.25) is 0 Å². The predicted octanol–water partition coefficient (Wildman–Crippen LogP) is 3.35. The molecule has 2 aromatic rings. The Labute approximate surface area is 173 Å². The molecular formula is C20H24ClN2O4S+. The Hall–Kier alpha value is -2.22. The van der Waals surface area contributed by atoms with Gasteiger partial charge in [-0.15, -0.1) is 11.3 Å². The zero-order valence-corrected chi connectivity index (χ0v) is 17.9. The van der Waals surface area contributed by atoms with Crippen LogP contribution in [0, 0.1) is 6.92 Å². The maximum Gasteiger partial charge on any atom is 0.341 e. The van der Waals surface area contributed by atoms with Gasteiger partial charge in [0.1, 0.15) is 11.0 Å². The van der Waals surface area contributed by atoms with Gasteiger partial charge in [0.05, 0.1) is 17.0 Å². The highest BCUT2D eigenvalue weighted by molar-refractivity contribution is 7.18. The van der Waals surface area contributed by atoms with Crippen molar-refractivity contribution in [3.8, 4) is 0 Å². The van der Waals surface area contributed by atoms with Crippen LogP contribution in [0.4, 0.5) is 5.00 Å². The van der Waals surface area contributed by atoms with Crippen LogP contribution in [0.5, 0.6) is 0 Å². The minimum atomic E-state index is -0.549. The van der Waals surface area contributed by atoms with E-state index in [1.807, 2.05) is 36.5 Å². The summed E-state index contributed by atoms with van der Waals surface area (Å²) < 4.78 is 5.08. The number of quaternary nitrogens is 1. The maximum absolute atomic E-state index is 12.5. The summed E-state index contributed by atoms with van der Waals surface area (Å²) in [6.45, 7) is 7.12. The van der Waals surface area contributed by atoms with Gasteiger partial charge in [0, 0.05) is 10.6 Å². The van der Waals surface area contributed by atoms with Gasteiger partial charge in [-0.2, -0.15) is 0 Å². The average Bonchev–Trinajstić information content (AvgIpc) is 2.96. The maximum atomic E-state index is 12.5. The summed E-state index contributed by atoms with van der Waals surface area (Å²) in [4.78, 5) is 37.0. The molecular weight excluding hydrogens is 400 g/mol. The van der Waals surface area contributed by atoms with E-state index < -0.39 is 5.97 Å². The smallest absolute Gasteiger partial charge is 0.341 e. The molecule has 1 aromatic heterocycles. The number of carbonyl (C=O) groups excluding carboxylic acids is 3. The second-order valence-electron chi connectivity index (χ2n) is 6.34. The quantitative estimate of drug-likeness (QED) is 0.503. The first-order valence-corrected chi connectivity index (χ1v) is 10.1. The first-order valence-electron chi connectivity index (χ1n) is 8.95. The average molecular weight is 424 g/mol. The summed E-state index contributed by atoms with van der Waals surface area (Å²) in [7, 11) is 0. The highest BCUT2D eigenvalue weighted by atomic mass is 35.5. The number of carbonyl (C=O) groups is 3. The highest BCUT2D eigenvalue weighted by Gasteiger charge is 2.25. The minimum absolute atomic E-state index is 0.0122. The van der Waals surface area contributed by atoms with Crippen LogP contribution in [0.3, 0.4) is 0 Å². The number of nitrogens with two attached hydrogens (primary N) is 1. The first-order chi connectivity index (χ1) is 13.3. The number of amides is 1. The molecule has 0 fully saturated rings. The SMILES string of the molecule is CCOC(=O)c1c(NC(=O)C[NH2+][C@H](C)c2ccccc2Cl)sc(C(C)=O)c1C. The van der Waals surface area contributed by atoms with Crippen LogP contribution in [0.2, 0.25) is 5.02 Å². The summed E-state index contributed by atoms with van der Waals surface area (Å²) in [5.41, 5.74) is 1.71. The molecule has 1 atom stereocenters. The molecule has 1 amide bonds. The molecule has 0 aliphatic carbocycles. The summed E-state index contributed by atoms with van der Waals surface area (Å²) in [5, 5.41) is 5.59. The molecule has 0 radical (unpaired) electrons. The number of nitrogens with one attached hydrogen (secondary N) is 1. The molecule has 3 N–H and O–H groups in total. The van der Waals surface area contributed by atoms with Crippen molar-refractivity contribution in [1.82, 2.24) is 0 Å². The molecule has 150 valence electrons. The van der Waals surface area contributed by atoms with Gasteiger partial charge >= 0.3 is 5.97 Å². The number of hydrogen-bond acceptors (Lipinski definition) is 5. The lowest BCUT2D eigenvalue weighted by Gasteiger charge is -2.12. The largest absolute Gasteiger partial charge is 0.462 e. The molecule has 0 aliphatic heterocycles. The van der Waals surface area contributed by atoms with Crippen molar-refractivity contribution in [2.75, 3.05) is 18.5 Å². The third kappa shape index (κ3) is 5.19. The van der Waals surface area contributed by atoms with Crippen LogP contribution in [-0.4, -0.2) is 30.8 Å². The van der Waals surface area contributed by atoms with Crippen LogP contribution in [-0.2, 0) is 9.53 Å². The fraction of sp³-hybridized carbons (Fsp3) is 0.350. The van der Waals surface area contributed by atoms with Crippen LogP contribution in [0.15, 0.2) is 24.3 Å². The lowest BCUT2D eigenvalue weighted by atomic mass is 10.1. The van der Waals surface area contributed by atoms with E-state index in [1.165, 1.54) is 6.92 Å². The van der Waals surface area contributed by atoms with E-state index >= 15 is 0 Å². The number of hydrogen-bond donors (Lipinski definition) is 2. The molecule has 1 heterocycles. The highest BCUT2D eigenvalue weighted by Crippen LogP contribution is 2.34. The van der Waals surface area contributed by atoms with Crippen molar-refractivity contribution in [2.24, 2.45) is 0 Å². The van der Waals surface area contributed by atoms with Crippen LogP contribution >= 0.6 is 22.9 Å². The van der Waals surface area contributed by atoms with Crippen LogP contribution in [0.25, 0.3) is 0 Å². The molecule has 0 spiro atoms. The van der Waals surface area contributed by atoms with Gasteiger partial charge in [-0.3, -0.25) is 9.59 Å². The zero-order chi connectivity index (χ0) is 20.8. The predicted molar refractivity (Wildman–Crippen MR) is 110 cm³/mol. The van der Waals surface area contributed by atoms with Gasteiger partial charge < -0.3 is 15.4 Å². The molecule has 1 aromatic carbocycles. The van der Waals surface area contributed by atoms with E-state index in [-0.39, 0.29) is 36.4 Å². The van der Waals surface area contributed by atoms with Gasteiger partial charge in [-0.05, 0) is 39.3 Å². The Bertz CT molecular complexity index is 894. The monoisotopic (exact) mass is 423 g/mol. The lowest BCUT2D eigenvalue weighted by molar-refractivity contribution is -0.682. The fourth-order valence-electron chi connectivity index (χ4n) is 2.82. The number of benzene rings is 1. The summed E-state index contributed by atoms with van der Waals surface area (Å²) in [6, 6.07) is 7.47. The summed E-state index contributed by atoms with van der Waals surface area (Å²) in [5.74, 6) is -0.985. The zero-order valence-electron chi connectivity index (χ0n) is 16.3. The van der Waals surface area contributed by atoms with E-state index in [0.717, 1.165) is 16.9 Å². The Morgan fingerprint density at radius 2 is 1.96 bits per heavy atom. The van der Waals surface area contributed by atoms with E-state index in [9.17, 15) is 14.4 Å². The van der Waals surface area contributed by atoms with Crippen molar-refractivity contribution >= 4 is 45.6 Å².